The van der Waals surface area contributed by atoms with Crippen LogP contribution < -0.4 is 4.74 Å². The number of H-pyrrole nitrogens is 1. The first-order chi connectivity index (χ1) is 13.7. The maximum Gasteiger partial charge on any atom is 0.222 e. The minimum atomic E-state index is 0.258. The Hall–Kier alpha value is -2.05. The zero-order chi connectivity index (χ0) is 19.3. The number of benzene rings is 1. The van der Waals surface area contributed by atoms with Crippen LogP contribution >= 0.6 is 0 Å². The average molecular weight is 385 g/mol. The molecule has 0 aliphatic carbocycles. The molecule has 1 aromatic carbocycles. The summed E-state index contributed by atoms with van der Waals surface area (Å²) in [5.41, 5.74) is 2.42. The van der Waals surface area contributed by atoms with E-state index < -0.39 is 0 Å². The third-order valence-electron chi connectivity index (χ3n) is 6.02. The monoisotopic (exact) mass is 384 g/mol. The molecule has 1 N–H and O–H groups in total. The van der Waals surface area contributed by atoms with Crippen molar-refractivity contribution in [1.82, 2.24) is 19.7 Å². The van der Waals surface area contributed by atoms with Gasteiger partial charge in [-0.2, -0.15) is 0 Å². The minimum absolute atomic E-state index is 0.258. The number of likely N-dealkylation sites (N-methyl/N-ethyl adjacent to an activating group) is 1. The highest BCUT2D eigenvalue weighted by molar-refractivity contribution is 5.84. The fourth-order valence-corrected chi connectivity index (χ4v) is 4.25. The number of rotatable bonds is 7. The zero-order valence-corrected chi connectivity index (χ0v) is 17.0. The number of aromatic amines is 1. The fraction of sp³-hybridized carbons (Fsp3) is 0.591. The van der Waals surface area contributed by atoms with Crippen molar-refractivity contribution < 1.29 is 9.53 Å². The van der Waals surface area contributed by atoms with Crippen molar-refractivity contribution in [2.24, 2.45) is 0 Å². The molecule has 0 saturated carbocycles. The van der Waals surface area contributed by atoms with Crippen molar-refractivity contribution >= 4 is 16.8 Å². The van der Waals surface area contributed by atoms with Crippen molar-refractivity contribution in [2.45, 2.75) is 32.2 Å². The van der Waals surface area contributed by atoms with Crippen LogP contribution in [0, 0.1) is 0 Å². The Morgan fingerprint density at radius 2 is 1.86 bits per heavy atom. The number of nitrogens with zero attached hydrogens (tertiary/aromatic N) is 3. The van der Waals surface area contributed by atoms with E-state index in [0.29, 0.717) is 13.0 Å². The number of ether oxygens (including phenoxy) is 1. The smallest absolute Gasteiger partial charge is 0.222 e. The van der Waals surface area contributed by atoms with Crippen molar-refractivity contribution in [1.29, 1.82) is 0 Å². The Balaban J connectivity index is 1.33. The molecular weight excluding hydrogens is 352 g/mol. The van der Waals surface area contributed by atoms with Gasteiger partial charge in [0, 0.05) is 50.9 Å². The van der Waals surface area contributed by atoms with Gasteiger partial charge in [-0.15, -0.1) is 0 Å². The predicted molar refractivity (Wildman–Crippen MR) is 112 cm³/mol. The molecule has 0 atom stereocenters. The maximum atomic E-state index is 12.4. The lowest BCUT2D eigenvalue weighted by Crippen LogP contribution is -2.47. The zero-order valence-electron chi connectivity index (χ0n) is 17.0. The number of piperazine rings is 1. The maximum absolute atomic E-state index is 12.4. The predicted octanol–water partition coefficient (Wildman–Crippen LogP) is 2.70. The minimum Gasteiger partial charge on any atom is -0.493 e. The molecule has 6 heteroatoms. The van der Waals surface area contributed by atoms with Crippen LogP contribution in [0.2, 0.25) is 0 Å². The van der Waals surface area contributed by atoms with Gasteiger partial charge in [0.2, 0.25) is 5.91 Å². The summed E-state index contributed by atoms with van der Waals surface area (Å²) in [6.07, 6.45) is 5.89. The summed E-state index contributed by atoms with van der Waals surface area (Å²) in [4.78, 5) is 22.5. The SMILES string of the molecule is CN1CCN(C(=O)CCCOc2ccc3cc[nH]c3c2CN2CCCC2)CC1. The molecule has 0 radical (unpaired) electrons. The molecule has 0 bridgehead atoms. The number of carbonyl (C=O) groups excluding carboxylic acids is 1. The third-order valence-corrected chi connectivity index (χ3v) is 6.02. The molecule has 6 nitrogen and oxygen atoms in total. The average Bonchev–Trinajstić information content (AvgIpc) is 3.38. The normalized spacial score (nSPS) is 18.8. The van der Waals surface area contributed by atoms with Gasteiger partial charge in [-0.25, -0.2) is 0 Å². The van der Waals surface area contributed by atoms with Gasteiger partial charge in [-0.3, -0.25) is 9.69 Å². The number of aromatic nitrogens is 1. The highest BCUT2D eigenvalue weighted by atomic mass is 16.5. The van der Waals surface area contributed by atoms with E-state index >= 15 is 0 Å². The molecule has 2 aliphatic rings. The van der Waals surface area contributed by atoms with Crippen molar-refractivity contribution in [3.63, 3.8) is 0 Å². The number of likely N-dealkylation sites (tertiary alicyclic amines) is 1. The van der Waals surface area contributed by atoms with Crippen LogP contribution in [0.5, 0.6) is 5.75 Å². The number of carbonyl (C=O) groups is 1. The number of fused-ring (bicyclic) bond motifs is 1. The van der Waals surface area contributed by atoms with Gasteiger partial charge in [0.1, 0.15) is 5.75 Å². The first kappa shape index (κ1) is 19.3. The molecular formula is C22H32N4O2. The summed E-state index contributed by atoms with van der Waals surface area (Å²) in [6, 6.07) is 6.31. The van der Waals surface area contributed by atoms with E-state index in [1.54, 1.807) is 0 Å². The standard InChI is InChI=1S/C22H32N4O2/c1-24-12-14-26(15-13-24)21(27)5-4-16-28-20-7-6-18-8-9-23-22(18)19(20)17-25-10-2-3-11-25/h6-9,23H,2-5,10-17H2,1H3. The second-order valence-electron chi connectivity index (χ2n) is 8.10. The van der Waals surface area contributed by atoms with Crippen LogP contribution in [-0.2, 0) is 11.3 Å². The largest absolute Gasteiger partial charge is 0.493 e. The molecule has 152 valence electrons. The summed E-state index contributed by atoms with van der Waals surface area (Å²) in [5.74, 6) is 1.21. The van der Waals surface area contributed by atoms with Crippen molar-refractivity contribution in [2.75, 3.05) is 52.9 Å². The quantitative estimate of drug-likeness (QED) is 0.746. The Morgan fingerprint density at radius 3 is 2.64 bits per heavy atom. The summed E-state index contributed by atoms with van der Waals surface area (Å²) < 4.78 is 6.15. The second-order valence-corrected chi connectivity index (χ2v) is 8.10. The molecule has 28 heavy (non-hydrogen) atoms. The van der Waals surface area contributed by atoms with E-state index in [4.69, 9.17) is 4.74 Å². The summed E-state index contributed by atoms with van der Waals surface area (Å²) in [5, 5.41) is 1.23. The van der Waals surface area contributed by atoms with Crippen LogP contribution in [0.4, 0.5) is 0 Å². The van der Waals surface area contributed by atoms with Crippen LogP contribution in [0.3, 0.4) is 0 Å². The number of nitrogens with one attached hydrogen (secondary N) is 1. The molecule has 0 unspecified atom stereocenters. The molecule has 4 rings (SSSR count). The van der Waals surface area contributed by atoms with Crippen LogP contribution in [0.25, 0.3) is 10.9 Å². The van der Waals surface area contributed by atoms with Gasteiger partial charge < -0.3 is 19.5 Å². The van der Waals surface area contributed by atoms with E-state index in [-0.39, 0.29) is 5.91 Å². The molecule has 2 aromatic rings. The molecule has 0 spiro atoms. The highest BCUT2D eigenvalue weighted by Gasteiger charge is 2.19. The van der Waals surface area contributed by atoms with Crippen LogP contribution in [-0.4, -0.2) is 78.5 Å². The van der Waals surface area contributed by atoms with E-state index in [1.807, 2.05) is 11.1 Å². The Bertz CT molecular complexity index is 789. The number of hydrogen-bond donors (Lipinski definition) is 1. The lowest BCUT2D eigenvalue weighted by atomic mass is 10.1. The number of amides is 1. The lowest BCUT2D eigenvalue weighted by molar-refractivity contribution is -0.133. The van der Waals surface area contributed by atoms with Crippen molar-refractivity contribution in [3.05, 3.63) is 30.0 Å². The summed E-state index contributed by atoms with van der Waals surface area (Å²) in [6.45, 7) is 7.47. The van der Waals surface area contributed by atoms with E-state index in [1.165, 1.54) is 29.3 Å². The third kappa shape index (κ3) is 4.50. The highest BCUT2D eigenvalue weighted by Crippen LogP contribution is 2.29. The first-order valence-electron chi connectivity index (χ1n) is 10.6. The molecule has 2 saturated heterocycles. The van der Waals surface area contributed by atoms with Gasteiger partial charge in [-0.1, -0.05) is 0 Å². The fourth-order valence-electron chi connectivity index (χ4n) is 4.25. The van der Waals surface area contributed by atoms with Gasteiger partial charge in [-0.05, 0) is 63.0 Å². The van der Waals surface area contributed by atoms with Gasteiger partial charge in [0.25, 0.3) is 0 Å². The summed E-state index contributed by atoms with van der Waals surface area (Å²) in [7, 11) is 2.11. The Labute approximate surface area is 167 Å². The van der Waals surface area contributed by atoms with E-state index in [9.17, 15) is 4.79 Å². The number of hydrogen-bond acceptors (Lipinski definition) is 4. The Morgan fingerprint density at radius 1 is 1.07 bits per heavy atom. The van der Waals surface area contributed by atoms with Crippen LogP contribution in [0.1, 0.15) is 31.2 Å². The van der Waals surface area contributed by atoms with Gasteiger partial charge >= 0.3 is 0 Å². The Kier molecular flexibility index (Phi) is 6.17. The topological polar surface area (TPSA) is 51.8 Å². The lowest BCUT2D eigenvalue weighted by Gasteiger charge is -2.32. The molecule has 1 aromatic heterocycles. The van der Waals surface area contributed by atoms with Gasteiger partial charge in [0.05, 0.1) is 12.1 Å². The van der Waals surface area contributed by atoms with Crippen molar-refractivity contribution in [3.8, 4) is 5.75 Å². The molecule has 3 heterocycles. The van der Waals surface area contributed by atoms with E-state index in [2.05, 4.69) is 40.0 Å². The first-order valence-corrected chi connectivity index (χ1v) is 10.6. The van der Waals surface area contributed by atoms with Gasteiger partial charge in [0.15, 0.2) is 0 Å². The molecule has 1 amide bonds. The second kappa shape index (κ2) is 8.97. The van der Waals surface area contributed by atoms with E-state index in [0.717, 1.165) is 58.0 Å². The van der Waals surface area contributed by atoms with Crippen LogP contribution in [0.15, 0.2) is 24.4 Å². The molecule has 2 fully saturated rings. The molecule has 2 aliphatic heterocycles. The summed E-state index contributed by atoms with van der Waals surface area (Å²) >= 11 is 0.